The molecule has 5 nitrogen and oxygen atoms in total. The van der Waals surface area contributed by atoms with Crippen molar-refractivity contribution in [1.82, 2.24) is 10.6 Å². The molecule has 3 N–H and O–H groups in total. The van der Waals surface area contributed by atoms with Crippen LogP contribution in [0.1, 0.15) is 37.4 Å². The van der Waals surface area contributed by atoms with Crippen LogP contribution in [-0.2, 0) is 4.79 Å². The van der Waals surface area contributed by atoms with Crippen molar-refractivity contribution < 1.29 is 14.6 Å². The van der Waals surface area contributed by atoms with E-state index in [4.69, 9.17) is 4.74 Å². The van der Waals surface area contributed by atoms with E-state index < -0.39 is 6.10 Å². The maximum atomic E-state index is 11.9. The third-order valence-corrected chi connectivity index (χ3v) is 4.23. The van der Waals surface area contributed by atoms with Gasteiger partial charge in [0.1, 0.15) is 5.75 Å². The molecule has 0 saturated carbocycles. The zero-order chi connectivity index (χ0) is 15.8. The Balaban J connectivity index is 1.68. The van der Waals surface area contributed by atoms with Gasteiger partial charge in [-0.1, -0.05) is 12.1 Å². The number of amides is 1. The van der Waals surface area contributed by atoms with Crippen LogP contribution < -0.4 is 15.4 Å². The van der Waals surface area contributed by atoms with Gasteiger partial charge in [0.2, 0.25) is 5.91 Å². The van der Waals surface area contributed by atoms with Crippen molar-refractivity contribution in [2.75, 3.05) is 26.7 Å². The Morgan fingerprint density at radius 1 is 1.36 bits per heavy atom. The number of rotatable bonds is 7. The van der Waals surface area contributed by atoms with Crippen molar-refractivity contribution in [1.29, 1.82) is 0 Å². The maximum absolute atomic E-state index is 11.9. The molecule has 1 heterocycles. The molecule has 0 aromatic heterocycles. The molecule has 1 aromatic rings. The van der Waals surface area contributed by atoms with Crippen LogP contribution >= 0.6 is 0 Å². The van der Waals surface area contributed by atoms with Crippen molar-refractivity contribution in [3.63, 3.8) is 0 Å². The zero-order valence-corrected chi connectivity index (χ0v) is 13.2. The number of methoxy groups -OCH3 is 1. The Morgan fingerprint density at radius 3 is 2.68 bits per heavy atom. The van der Waals surface area contributed by atoms with E-state index in [1.54, 1.807) is 19.2 Å². The van der Waals surface area contributed by atoms with Crippen LogP contribution in [0, 0.1) is 5.92 Å². The fourth-order valence-corrected chi connectivity index (χ4v) is 2.75. The Labute approximate surface area is 132 Å². The molecule has 22 heavy (non-hydrogen) atoms. The highest BCUT2D eigenvalue weighted by atomic mass is 16.5. The fraction of sp³-hybridized carbons (Fsp3) is 0.588. The van der Waals surface area contributed by atoms with Crippen molar-refractivity contribution in [2.24, 2.45) is 5.92 Å². The molecular weight excluding hydrogens is 280 g/mol. The molecule has 0 spiro atoms. The summed E-state index contributed by atoms with van der Waals surface area (Å²) in [5, 5.41) is 16.2. The van der Waals surface area contributed by atoms with Crippen molar-refractivity contribution >= 4 is 5.91 Å². The number of ether oxygens (including phenoxy) is 1. The van der Waals surface area contributed by atoms with Gasteiger partial charge in [0.15, 0.2) is 0 Å². The van der Waals surface area contributed by atoms with E-state index >= 15 is 0 Å². The SMILES string of the molecule is COc1ccc(C(O)CNC(=O)CCC2CCNCC2)cc1. The number of carbonyl (C=O) groups is 1. The highest BCUT2D eigenvalue weighted by Crippen LogP contribution is 2.18. The first-order valence-corrected chi connectivity index (χ1v) is 7.98. The minimum atomic E-state index is -0.686. The normalized spacial score (nSPS) is 17.0. The van der Waals surface area contributed by atoms with Crippen LogP contribution in [0.2, 0.25) is 0 Å². The number of carbonyl (C=O) groups excluding carboxylic acids is 1. The minimum absolute atomic E-state index is 0.0195. The average molecular weight is 306 g/mol. The van der Waals surface area contributed by atoms with Crippen LogP contribution in [-0.4, -0.2) is 37.8 Å². The Hall–Kier alpha value is -1.59. The fourth-order valence-electron chi connectivity index (χ4n) is 2.75. The molecule has 1 aliphatic rings. The van der Waals surface area contributed by atoms with Crippen LogP contribution in [0.25, 0.3) is 0 Å². The van der Waals surface area contributed by atoms with Crippen molar-refractivity contribution in [3.8, 4) is 5.75 Å². The summed E-state index contributed by atoms with van der Waals surface area (Å²) in [4.78, 5) is 11.9. The summed E-state index contributed by atoms with van der Waals surface area (Å²) in [6.07, 6.45) is 3.10. The molecule has 1 atom stereocenters. The van der Waals surface area contributed by atoms with Gasteiger partial charge in [-0.25, -0.2) is 0 Å². The number of hydrogen-bond donors (Lipinski definition) is 3. The summed E-state index contributed by atoms with van der Waals surface area (Å²) in [5.41, 5.74) is 0.777. The van der Waals surface area contributed by atoms with Crippen LogP contribution in [0.5, 0.6) is 5.75 Å². The van der Waals surface area contributed by atoms with Gasteiger partial charge in [-0.3, -0.25) is 4.79 Å². The lowest BCUT2D eigenvalue weighted by molar-refractivity contribution is -0.121. The van der Waals surface area contributed by atoms with Gasteiger partial charge in [0, 0.05) is 13.0 Å². The topological polar surface area (TPSA) is 70.6 Å². The van der Waals surface area contributed by atoms with Gasteiger partial charge < -0.3 is 20.5 Å². The predicted molar refractivity (Wildman–Crippen MR) is 85.8 cm³/mol. The molecule has 1 aliphatic heterocycles. The van der Waals surface area contributed by atoms with Gasteiger partial charge in [-0.15, -0.1) is 0 Å². The van der Waals surface area contributed by atoms with E-state index in [-0.39, 0.29) is 12.5 Å². The van der Waals surface area contributed by atoms with E-state index in [2.05, 4.69) is 10.6 Å². The van der Waals surface area contributed by atoms with Gasteiger partial charge in [0.25, 0.3) is 0 Å². The third kappa shape index (κ3) is 5.31. The van der Waals surface area contributed by atoms with Gasteiger partial charge in [0.05, 0.1) is 13.2 Å². The minimum Gasteiger partial charge on any atom is -0.497 e. The number of piperidine rings is 1. The van der Waals surface area contributed by atoms with E-state index in [0.717, 1.165) is 43.7 Å². The lowest BCUT2D eigenvalue weighted by Gasteiger charge is -2.22. The predicted octanol–water partition coefficient (Wildman–Crippen LogP) is 1.62. The monoisotopic (exact) mass is 306 g/mol. The summed E-state index contributed by atoms with van der Waals surface area (Å²) in [6.45, 7) is 2.36. The number of aliphatic hydroxyl groups excluding tert-OH is 1. The molecule has 0 bridgehead atoms. The highest BCUT2D eigenvalue weighted by Gasteiger charge is 2.15. The Morgan fingerprint density at radius 2 is 2.05 bits per heavy atom. The lowest BCUT2D eigenvalue weighted by Crippen LogP contribution is -2.31. The average Bonchev–Trinajstić information content (AvgIpc) is 2.58. The molecule has 5 heteroatoms. The summed E-state index contributed by atoms with van der Waals surface area (Å²) in [5.74, 6) is 1.42. The summed E-state index contributed by atoms with van der Waals surface area (Å²) in [6, 6.07) is 7.23. The number of nitrogens with one attached hydrogen (secondary N) is 2. The van der Waals surface area contributed by atoms with Crippen molar-refractivity contribution in [2.45, 2.75) is 31.8 Å². The first-order valence-electron chi connectivity index (χ1n) is 7.98. The largest absolute Gasteiger partial charge is 0.497 e. The van der Waals surface area contributed by atoms with Gasteiger partial charge in [-0.05, 0) is 56.0 Å². The number of aliphatic hydroxyl groups is 1. The molecule has 1 amide bonds. The number of hydrogen-bond acceptors (Lipinski definition) is 4. The molecule has 1 saturated heterocycles. The molecule has 0 radical (unpaired) electrons. The van der Waals surface area contributed by atoms with E-state index in [1.165, 1.54) is 0 Å². The quantitative estimate of drug-likeness (QED) is 0.716. The summed E-state index contributed by atoms with van der Waals surface area (Å²) < 4.78 is 5.08. The second-order valence-electron chi connectivity index (χ2n) is 5.83. The smallest absolute Gasteiger partial charge is 0.220 e. The lowest BCUT2D eigenvalue weighted by atomic mass is 9.93. The second kappa shape index (κ2) is 8.76. The molecule has 0 aliphatic carbocycles. The Kier molecular flexibility index (Phi) is 6.68. The molecule has 1 aromatic carbocycles. The molecule has 122 valence electrons. The van der Waals surface area contributed by atoms with Crippen LogP contribution in [0.3, 0.4) is 0 Å². The highest BCUT2D eigenvalue weighted by molar-refractivity contribution is 5.75. The molecular formula is C17H26N2O3. The maximum Gasteiger partial charge on any atom is 0.220 e. The van der Waals surface area contributed by atoms with Crippen LogP contribution in [0.15, 0.2) is 24.3 Å². The van der Waals surface area contributed by atoms with E-state index in [9.17, 15) is 9.90 Å². The van der Waals surface area contributed by atoms with E-state index in [0.29, 0.717) is 12.3 Å². The van der Waals surface area contributed by atoms with Crippen molar-refractivity contribution in [3.05, 3.63) is 29.8 Å². The van der Waals surface area contributed by atoms with E-state index in [1.807, 2.05) is 12.1 Å². The first kappa shape index (κ1) is 16.8. The third-order valence-electron chi connectivity index (χ3n) is 4.23. The zero-order valence-electron chi connectivity index (χ0n) is 13.2. The summed E-state index contributed by atoms with van der Waals surface area (Å²) >= 11 is 0. The summed E-state index contributed by atoms with van der Waals surface area (Å²) in [7, 11) is 1.61. The standard InChI is InChI=1S/C17H26N2O3/c1-22-15-5-3-14(4-6-15)16(20)12-19-17(21)7-2-13-8-10-18-11-9-13/h3-6,13,16,18,20H,2,7-12H2,1H3,(H,19,21). The number of benzene rings is 1. The van der Waals surface area contributed by atoms with Gasteiger partial charge >= 0.3 is 0 Å². The van der Waals surface area contributed by atoms with Gasteiger partial charge in [-0.2, -0.15) is 0 Å². The first-order chi connectivity index (χ1) is 10.7. The second-order valence-corrected chi connectivity index (χ2v) is 5.83. The Bertz CT molecular complexity index is 455. The molecule has 2 rings (SSSR count). The molecule has 1 fully saturated rings. The molecule has 1 unspecified atom stereocenters. The van der Waals surface area contributed by atoms with Crippen LogP contribution in [0.4, 0.5) is 0 Å².